The van der Waals surface area contributed by atoms with Gasteiger partial charge in [-0.3, -0.25) is 4.79 Å². The monoisotopic (exact) mass is 275 g/mol. The van der Waals surface area contributed by atoms with Crippen LogP contribution in [-0.4, -0.2) is 59.2 Å². The first-order chi connectivity index (χ1) is 8.54. The van der Waals surface area contributed by atoms with Crippen LogP contribution >= 0.6 is 11.8 Å². The summed E-state index contributed by atoms with van der Waals surface area (Å²) in [4.78, 5) is 24.7. The van der Waals surface area contributed by atoms with Crippen LogP contribution in [0.3, 0.4) is 0 Å². The zero-order chi connectivity index (χ0) is 13.5. The zero-order valence-electron chi connectivity index (χ0n) is 10.6. The molecule has 2 unspecified atom stereocenters. The van der Waals surface area contributed by atoms with E-state index in [2.05, 4.69) is 5.32 Å². The number of nitrogens with zero attached hydrogens (tertiary/aromatic N) is 1. The Morgan fingerprint density at radius 2 is 2.33 bits per heavy atom. The summed E-state index contributed by atoms with van der Waals surface area (Å²) in [6.45, 7) is 0.973. The first kappa shape index (κ1) is 15.1. The molecule has 7 heteroatoms. The van der Waals surface area contributed by atoms with Gasteiger partial charge in [-0.1, -0.05) is 0 Å². The summed E-state index contributed by atoms with van der Waals surface area (Å²) in [5.41, 5.74) is 5.08. The number of rotatable bonds is 5. The number of hydrogen-bond acceptors (Lipinski definition) is 4. The number of nitrogens with two attached hydrogens (primary N) is 1. The lowest BCUT2D eigenvalue weighted by atomic mass is 10.1. The number of β-amino-alcohol motifs (C(OH)–C–C–N with tert-alkyl or cyclic N) is 1. The third kappa shape index (κ3) is 4.73. The smallest absolute Gasteiger partial charge is 0.312 e. The maximum Gasteiger partial charge on any atom is 0.312 e. The quantitative estimate of drug-likeness (QED) is 0.645. The number of carbonyl (C=O) groups is 2. The molecule has 0 aromatic carbocycles. The minimum Gasteiger partial charge on any atom is -0.391 e. The van der Waals surface area contributed by atoms with E-state index in [0.717, 1.165) is 18.6 Å². The van der Waals surface area contributed by atoms with Gasteiger partial charge < -0.3 is 21.1 Å². The third-order valence-corrected chi connectivity index (χ3v) is 3.58. The van der Waals surface area contributed by atoms with Gasteiger partial charge in [0.05, 0.1) is 6.10 Å². The second kappa shape index (κ2) is 7.48. The summed E-state index contributed by atoms with van der Waals surface area (Å²) < 4.78 is 0. The van der Waals surface area contributed by atoms with Crippen molar-refractivity contribution >= 4 is 23.7 Å². The average Bonchev–Trinajstić information content (AvgIpc) is 2.33. The summed E-state index contributed by atoms with van der Waals surface area (Å²) in [6, 6.07) is -1.27. The molecule has 1 rings (SSSR count). The Kier molecular flexibility index (Phi) is 6.28. The molecule has 1 aliphatic heterocycles. The van der Waals surface area contributed by atoms with Crippen LogP contribution in [0.2, 0.25) is 0 Å². The summed E-state index contributed by atoms with van der Waals surface area (Å²) in [7, 11) is 0. The highest BCUT2D eigenvalue weighted by molar-refractivity contribution is 7.98. The molecule has 0 aromatic rings. The van der Waals surface area contributed by atoms with Gasteiger partial charge in [0.15, 0.2) is 0 Å². The molecule has 2 atom stereocenters. The van der Waals surface area contributed by atoms with E-state index < -0.39 is 18.2 Å². The van der Waals surface area contributed by atoms with Crippen molar-refractivity contribution in [2.45, 2.75) is 31.4 Å². The minimum atomic E-state index is -0.688. The van der Waals surface area contributed by atoms with Gasteiger partial charge in [-0.05, 0) is 31.3 Å². The molecule has 18 heavy (non-hydrogen) atoms. The number of thioether (sulfide) groups is 1. The maximum absolute atomic E-state index is 12.2. The molecule has 0 aliphatic carbocycles. The van der Waals surface area contributed by atoms with Crippen molar-refractivity contribution in [2.24, 2.45) is 5.73 Å². The Morgan fingerprint density at radius 3 is 2.89 bits per heavy atom. The topological polar surface area (TPSA) is 95.7 Å². The van der Waals surface area contributed by atoms with E-state index >= 15 is 0 Å². The number of urea groups is 1. The number of aliphatic hydroxyl groups is 1. The molecule has 1 saturated heterocycles. The van der Waals surface area contributed by atoms with E-state index in [-0.39, 0.29) is 5.91 Å². The Bertz CT molecular complexity index is 301. The van der Waals surface area contributed by atoms with Crippen LogP contribution in [0, 0.1) is 0 Å². The van der Waals surface area contributed by atoms with Crippen molar-refractivity contribution in [1.82, 2.24) is 10.2 Å². The molecule has 104 valence electrons. The number of nitrogens with one attached hydrogen (secondary N) is 1. The highest BCUT2D eigenvalue weighted by atomic mass is 32.2. The molecular weight excluding hydrogens is 254 g/mol. The number of primary amides is 1. The molecule has 0 aromatic heterocycles. The molecule has 0 spiro atoms. The summed E-state index contributed by atoms with van der Waals surface area (Å²) in [5, 5.41) is 12.0. The number of aliphatic hydroxyl groups excluding tert-OH is 1. The first-order valence-electron chi connectivity index (χ1n) is 6.06. The van der Waals surface area contributed by atoms with Crippen molar-refractivity contribution in [3.63, 3.8) is 0 Å². The largest absolute Gasteiger partial charge is 0.391 e. The molecule has 1 heterocycles. The van der Waals surface area contributed by atoms with Crippen molar-refractivity contribution in [2.75, 3.05) is 25.1 Å². The highest BCUT2D eigenvalue weighted by Gasteiger charge is 2.28. The van der Waals surface area contributed by atoms with E-state index in [1.165, 1.54) is 0 Å². The lowest BCUT2D eigenvalue weighted by molar-refractivity contribution is -0.136. The minimum absolute atomic E-state index is 0.151. The van der Waals surface area contributed by atoms with E-state index in [9.17, 15) is 14.7 Å². The van der Waals surface area contributed by atoms with Crippen LogP contribution in [0.4, 0.5) is 4.79 Å². The van der Waals surface area contributed by atoms with Crippen LogP contribution in [-0.2, 0) is 4.79 Å². The predicted molar refractivity (Wildman–Crippen MR) is 71.3 cm³/mol. The Hall–Kier alpha value is -0.950. The molecular formula is C11H21N3O3S. The van der Waals surface area contributed by atoms with Crippen molar-refractivity contribution in [3.05, 3.63) is 0 Å². The van der Waals surface area contributed by atoms with Gasteiger partial charge in [0.2, 0.25) is 5.91 Å². The molecule has 0 bridgehead atoms. The van der Waals surface area contributed by atoms with Gasteiger partial charge in [-0.15, -0.1) is 0 Å². The second-order valence-electron chi connectivity index (χ2n) is 4.42. The summed E-state index contributed by atoms with van der Waals surface area (Å²) >= 11 is 1.61. The summed E-state index contributed by atoms with van der Waals surface area (Å²) in [6.07, 6.45) is 3.55. The molecule has 4 N–H and O–H groups in total. The van der Waals surface area contributed by atoms with Gasteiger partial charge in [0.1, 0.15) is 6.04 Å². The Labute approximate surface area is 111 Å². The first-order valence-corrected chi connectivity index (χ1v) is 7.45. The number of hydrogen-bond donors (Lipinski definition) is 3. The van der Waals surface area contributed by atoms with Crippen LogP contribution in [0.15, 0.2) is 0 Å². The van der Waals surface area contributed by atoms with Crippen molar-refractivity contribution in [3.8, 4) is 0 Å². The van der Waals surface area contributed by atoms with Gasteiger partial charge in [-0.25, -0.2) is 4.79 Å². The van der Waals surface area contributed by atoms with Crippen LogP contribution < -0.4 is 11.1 Å². The zero-order valence-corrected chi connectivity index (χ0v) is 11.4. The molecule has 3 amide bonds. The van der Waals surface area contributed by atoms with Gasteiger partial charge in [-0.2, -0.15) is 11.8 Å². The van der Waals surface area contributed by atoms with Crippen molar-refractivity contribution in [1.29, 1.82) is 0 Å². The summed E-state index contributed by atoms with van der Waals surface area (Å²) in [5.74, 6) is 0.620. The fourth-order valence-corrected chi connectivity index (χ4v) is 2.51. The molecule has 6 nitrogen and oxygen atoms in total. The Balaban J connectivity index is 2.58. The van der Waals surface area contributed by atoms with Gasteiger partial charge >= 0.3 is 6.03 Å². The van der Waals surface area contributed by atoms with Crippen LogP contribution in [0.1, 0.15) is 19.3 Å². The van der Waals surface area contributed by atoms with Crippen molar-refractivity contribution < 1.29 is 14.7 Å². The number of carbonyl (C=O) groups excluding carboxylic acids is 2. The van der Waals surface area contributed by atoms with E-state index in [0.29, 0.717) is 19.5 Å². The SMILES string of the molecule is CSCCC(NC(N)=O)C(=O)N1CCCC(O)C1. The fourth-order valence-electron chi connectivity index (χ4n) is 2.04. The standard InChI is InChI=1S/C11H21N3O3S/c1-18-6-4-9(13-11(12)17)10(16)14-5-2-3-8(15)7-14/h8-9,15H,2-7H2,1H3,(H3,12,13,17). The third-order valence-electron chi connectivity index (χ3n) is 2.93. The maximum atomic E-state index is 12.2. The van der Waals surface area contributed by atoms with E-state index in [1.54, 1.807) is 16.7 Å². The van der Waals surface area contributed by atoms with Crippen LogP contribution in [0.25, 0.3) is 0 Å². The van der Waals surface area contributed by atoms with Gasteiger partial charge in [0.25, 0.3) is 0 Å². The molecule has 1 aliphatic rings. The predicted octanol–water partition coefficient (Wildman–Crippen LogP) is -0.240. The molecule has 0 radical (unpaired) electrons. The Morgan fingerprint density at radius 1 is 1.61 bits per heavy atom. The number of likely N-dealkylation sites (tertiary alicyclic amines) is 1. The van der Waals surface area contributed by atoms with E-state index in [4.69, 9.17) is 5.73 Å². The lowest BCUT2D eigenvalue weighted by Gasteiger charge is -2.33. The molecule has 0 saturated carbocycles. The fraction of sp³-hybridized carbons (Fsp3) is 0.818. The van der Waals surface area contributed by atoms with E-state index in [1.807, 2.05) is 6.26 Å². The normalized spacial score (nSPS) is 21.4. The van der Waals surface area contributed by atoms with Crippen LogP contribution in [0.5, 0.6) is 0 Å². The number of amides is 3. The molecule has 1 fully saturated rings. The average molecular weight is 275 g/mol. The highest BCUT2D eigenvalue weighted by Crippen LogP contribution is 2.13. The van der Waals surface area contributed by atoms with Gasteiger partial charge in [0, 0.05) is 13.1 Å². The number of piperidine rings is 1. The lowest BCUT2D eigenvalue weighted by Crippen LogP contribution is -2.53. The second-order valence-corrected chi connectivity index (χ2v) is 5.41.